The number of rotatable bonds is 6. The topological polar surface area (TPSA) is 126 Å². The van der Waals surface area contributed by atoms with E-state index in [9.17, 15) is 18.9 Å². The summed E-state index contributed by atoms with van der Waals surface area (Å²) in [5, 5.41) is 9.97. The fourth-order valence-electron chi connectivity index (χ4n) is 2.45. The van der Waals surface area contributed by atoms with E-state index in [4.69, 9.17) is 19.5 Å². The molecule has 140 valence electrons. The summed E-state index contributed by atoms with van der Waals surface area (Å²) in [5.41, 5.74) is 4.57. The van der Waals surface area contributed by atoms with Crippen LogP contribution in [0.3, 0.4) is 0 Å². The van der Waals surface area contributed by atoms with E-state index in [0.29, 0.717) is 5.75 Å². The predicted octanol–water partition coefficient (Wildman–Crippen LogP) is 0.907. The highest BCUT2D eigenvalue weighted by Gasteiger charge is 2.45. The van der Waals surface area contributed by atoms with E-state index < -0.39 is 38.6 Å². The van der Waals surface area contributed by atoms with Crippen molar-refractivity contribution in [3.63, 3.8) is 0 Å². The summed E-state index contributed by atoms with van der Waals surface area (Å²) in [4.78, 5) is 15.3. The summed E-state index contributed by atoms with van der Waals surface area (Å²) in [6.07, 6.45) is -4.77. The summed E-state index contributed by atoms with van der Waals surface area (Å²) in [5.74, 6) is 0.335. The van der Waals surface area contributed by atoms with Gasteiger partial charge in [0.1, 0.15) is 23.8 Å². The zero-order valence-electron chi connectivity index (χ0n) is 13.4. The number of anilines is 1. The van der Waals surface area contributed by atoms with Gasteiger partial charge < -0.3 is 20.1 Å². The Bertz CT molecular complexity index is 836. The van der Waals surface area contributed by atoms with Crippen molar-refractivity contribution in [3.05, 3.63) is 53.1 Å². The number of nitrogens with zero attached hydrogens (tertiary/aromatic N) is 2. The van der Waals surface area contributed by atoms with Crippen LogP contribution in [-0.4, -0.2) is 39.6 Å². The number of benzene rings is 1. The molecule has 1 aromatic heterocycles. The van der Waals surface area contributed by atoms with Gasteiger partial charge in [0.2, 0.25) is 0 Å². The number of alkyl halides is 1. The second-order valence-corrected chi connectivity index (χ2v) is 6.51. The van der Waals surface area contributed by atoms with Gasteiger partial charge in [0.15, 0.2) is 12.4 Å². The van der Waals surface area contributed by atoms with Crippen LogP contribution < -0.4 is 15.9 Å². The fourth-order valence-corrected chi connectivity index (χ4v) is 3.14. The first-order chi connectivity index (χ1) is 12.5. The van der Waals surface area contributed by atoms with Crippen LogP contribution in [0, 0.1) is 0 Å². The molecule has 1 aliphatic rings. The Morgan fingerprint density at radius 3 is 2.77 bits per heavy atom. The molecular formula is C15H17FN3O6P. The molecule has 1 aliphatic heterocycles. The third-order valence-corrected chi connectivity index (χ3v) is 4.53. The zero-order chi connectivity index (χ0) is 18.7. The SMILES string of the molecule is Nc1ccn([C@@H]2O[C@H](CO[PH](=O)Oc3ccccc3)[C@@H](O)[C@H]2F)c(=O)n1. The van der Waals surface area contributed by atoms with Crippen molar-refractivity contribution in [1.82, 2.24) is 9.55 Å². The van der Waals surface area contributed by atoms with Crippen LogP contribution in [0.25, 0.3) is 0 Å². The van der Waals surface area contributed by atoms with Crippen molar-refractivity contribution in [1.29, 1.82) is 0 Å². The van der Waals surface area contributed by atoms with Crippen LogP contribution in [0.4, 0.5) is 10.2 Å². The van der Waals surface area contributed by atoms with Crippen molar-refractivity contribution in [2.45, 2.75) is 24.6 Å². The highest BCUT2D eigenvalue weighted by Crippen LogP contribution is 2.34. The molecule has 0 aliphatic carbocycles. The second kappa shape index (κ2) is 7.96. The summed E-state index contributed by atoms with van der Waals surface area (Å²) in [6, 6.07) is 9.67. The number of nitrogens with two attached hydrogens (primary N) is 1. The van der Waals surface area contributed by atoms with Crippen LogP contribution in [0.2, 0.25) is 0 Å². The predicted molar refractivity (Wildman–Crippen MR) is 89.7 cm³/mol. The number of aromatic nitrogens is 2. The van der Waals surface area contributed by atoms with E-state index in [1.807, 2.05) is 0 Å². The maximum absolute atomic E-state index is 14.3. The second-order valence-electron chi connectivity index (χ2n) is 5.52. The quantitative estimate of drug-likeness (QED) is 0.703. The lowest BCUT2D eigenvalue weighted by Gasteiger charge is -2.16. The molecule has 2 aromatic rings. The molecule has 1 unspecified atom stereocenters. The maximum atomic E-state index is 14.3. The third kappa shape index (κ3) is 4.10. The summed E-state index contributed by atoms with van der Waals surface area (Å²) in [7, 11) is -2.93. The van der Waals surface area contributed by atoms with Gasteiger partial charge in [-0.3, -0.25) is 9.09 Å². The minimum absolute atomic E-state index is 0.0169. The minimum atomic E-state index is -2.93. The molecule has 3 rings (SSSR count). The van der Waals surface area contributed by atoms with Gasteiger partial charge in [-0.2, -0.15) is 4.98 Å². The van der Waals surface area contributed by atoms with Crippen molar-refractivity contribution < 1.29 is 27.8 Å². The smallest absolute Gasteiger partial charge is 0.367 e. The standard InChI is InChI=1S/C15H17FN3O6P/c16-12-13(20)10(8-23-26(22)25-9-4-2-1-3-5-9)24-14(12)19-7-6-11(17)18-15(19)21/h1-7,10,12-14,20,26H,8H2,(H2,17,18,21)/t10-,12-,13-,14-/m1/s1. The van der Waals surface area contributed by atoms with E-state index in [0.717, 1.165) is 4.57 Å². The fraction of sp³-hybridized carbons (Fsp3) is 0.333. The molecule has 5 atom stereocenters. The van der Waals surface area contributed by atoms with Gasteiger partial charge in [0, 0.05) is 6.20 Å². The molecule has 9 nitrogen and oxygen atoms in total. The molecule has 0 amide bonds. The van der Waals surface area contributed by atoms with Crippen molar-refractivity contribution in [2.24, 2.45) is 0 Å². The summed E-state index contributed by atoms with van der Waals surface area (Å²) in [6.45, 7) is -0.375. The molecule has 0 radical (unpaired) electrons. The first-order valence-corrected chi connectivity index (χ1v) is 8.90. The summed E-state index contributed by atoms with van der Waals surface area (Å²) >= 11 is 0. The molecule has 26 heavy (non-hydrogen) atoms. The lowest BCUT2D eigenvalue weighted by Crippen LogP contribution is -2.33. The van der Waals surface area contributed by atoms with Gasteiger partial charge in [-0.15, -0.1) is 0 Å². The van der Waals surface area contributed by atoms with E-state index in [1.54, 1.807) is 30.3 Å². The third-order valence-electron chi connectivity index (χ3n) is 3.73. The Balaban J connectivity index is 1.61. The molecular weight excluding hydrogens is 368 g/mol. The highest BCUT2D eigenvalue weighted by molar-refractivity contribution is 7.33. The van der Waals surface area contributed by atoms with E-state index in [1.165, 1.54) is 12.3 Å². The number of para-hydroxylation sites is 1. The molecule has 3 N–H and O–H groups in total. The van der Waals surface area contributed by atoms with Gasteiger partial charge >= 0.3 is 13.9 Å². The maximum Gasteiger partial charge on any atom is 0.367 e. The Hall–Kier alpha value is -2.26. The monoisotopic (exact) mass is 385 g/mol. The highest BCUT2D eigenvalue weighted by atomic mass is 31.1. The van der Waals surface area contributed by atoms with Crippen molar-refractivity contribution >= 4 is 14.1 Å². The van der Waals surface area contributed by atoms with E-state index in [-0.39, 0.29) is 12.4 Å². The van der Waals surface area contributed by atoms with Crippen LogP contribution in [0.1, 0.15) is 6.23 Å². The first kappa shape index (κ1) is 18.5. The molecule has 1 saturated heterocycles. The average Bonchev–Trinajstić information content (AvgIpc) is 2.89. The van der Waals surface area contributed by atoms with E-state index >= 15 is 0 Å². The van der Waals surface area contributed by atoms with E-state index in [2.05, 4.69) is 4.98 Å². The Morgan fingerprint density at radius 2 is 2.08 bits per heavy atom. The number of aliphatic hydroxyl groups excluding tert-OH is 1. The molecule has 0 bridgehead atoms. The number of ether oxygens (including phenoxy) is 1. The number of hydrogen-bond acceptors (Lipinski definition) is 8. The van der Waals surface area contributed by atoms with Gasteiger partial charge in [0.05, 0.1) is 6.61 Å². The normalized spacial score (nSPS) is 26.5. The summed E-state index contributed by atoms with van der Waals surface area (Å²) < 4.78 is 42.5. The number of hydrogen-bond donors (Lipinski definition) is 2. The minimum Gasteiger partial charge on any atom is -0.426 e. The van der Waals surface area contributed by atoms with Crippen molar-refractivity contribution in [3.8, 4) is 5.75 Å². The lowest BCUT2D eigenvalue weighted by atomic mass is 10.1. The van der Waals surface area contributed by atoms with Crippen LogP contribution >= 0.6 is 8.25 Å². The molecule has 1 aromatic carbocycles. The molecule has 2 heterocycles. The molecule has 0 saturated carbocycles. The largest absolute Gasteiger partial charge is 0.426 e. The van der Waals surface area contributed by atoms with Crippen LogP contribution in [0.5, 0.6) is 5.75 Å². The van der Waals surface area contributed by atoms with Gasteiger partial charge in [-0.25, -0.2) is 13.8 Å². The number of aliphatic hydroxyl groups is 1. The Kier molecular flexibility index (Phi) is 5.67. The molecule has 1 fully saturated rings. The van der Waals surface area contributed by atoms with Crippen molar-refractivity contribution in [2.75, 3.05) is 12.3 Å². The Morgan fingerprint density at radius 1 is 1.35 bits per heavy atom. The Labute approximate surface area is 148 Å². The number of nitrogen functional groups attached to an aromatic ring is 1. The zero-order valence-corrected chi connectivity index (χ0v) is 14.4. The van der Waals surface area contributed by atoms with Crippen LogP contribution in [-0.2, 0) is 13.8 Å². The average molecular weight is 385 g/mol. The van der Waals surface area contributed by atoms with Crippen LogP contribution in [0.15, 0.2) is 47.4 Å². The lowest BCUT2D eigenvalue weighted by molar-refractivity contribution is -0.0446. The molecule has 0 spiro atoms. The van der Waals surface area contributed by atoms with Gasteiger partial charge in [-0.1, -0.05) is 18.2 Å². The molecule has 11 heteroatoms. The number of halogens is 1. The first-order valence-electron chi connectivity index (χ1n) is 7.67. The van der Waals surface area contributed by atoms with Gasteiger partial charge in [0.25, 0.3) is 0 Å². The van der Waals surface area contributed by atoms with Gasteiger partial charge in [-0.05, 0) is 18.2 Å².